The third-order valence-electron chi connectivity index (χ3n) is 5.64. The van der Waals surface area contributed by atoms with Gasteiger partial charge in [0.25, 0.3) is 5.56 Å². The average molecular weight is 490 g/mol. The van der Waals surface area contributed by atoms with Gasteiger partial charge >= 0.3 is 0 Å². The van der Waals surface area contributed by atoms with Crippen molar-refractivity contribution in [3.05, 3.63) is 87.5 Å². The number of aromatic nitrogens is 2. The first-order chi connectivity index (χ1) is 16.3. The number of fused-ring (bicyclic) bond motifs is 1. The molecule has 1 N–H and O–H groups in total. The summed E-state index contributed by atoms with van der Waals surface area (Å²) in [5.74, 6) is -0.135. The van der Waals surface area contributed by atoms with Crippen LogP contribution >= 0.6 is 23.1 Å². The van der Waals surface area contributed by atoms with Crippen LogP contribution < -0.4 is 10.9 Å². The number of rotatable bonds is 7. The molecule has 2 aromatic carbocycles. The van der Waals surface area contributed by atoms with E-state index in [1.54, 1.807) is 10.6 Å². The lowest BCUT2D eigenvalue weighted by atomic mass is 10.1. The Bertz CT molecular complexity index is 1440. The summed E-state index contributed by atoms with van der Waals surface area (Å²) >= 11 is 2.73. The minimum atomic E-state index is -0.447. The zero-order valence-corrected chi connectivity index (χ0v) is 21.3. The summed E-state index contributed by atoms with van der Waals surface area (Å²) in [6.07, 6.45) is 1.68. The zero-order valence-electron chi connectivity index (χ0n) is 19.7. The van der Waals surface area contributed by atoms with E-state index in [-0.39, 0.29) is 11.5 Å². The number of allylic oxidation sites excluding steroid dienone is 1. The topological polar surface area (TPSA) is 64.0 Å². The van der Waals surface area contributed by atoms with Crippen molar-refractivity contribution in [3.63, 3.8) is 0 Å². The van der Waals surface area contributed by atoms with Gasteiger partial charge in [-0.15, -0.1) is 17.9 Å². The maximum absolute atomic E-state index is 13.6. The number of anilines is 1. The van der Waals surface area contributed by atoms with Gasteiger partial charge in [0.15, 0.2) is 5.16 Å². The number of carbonyl (C=O) groups is 1. The highest BCUT2D eigenvalue weighted by molar-refractivity contribution is 8.00. The Hall–Kier alpha value is -3.16. The van der Waals surface area contributed by atoms with Gasteiger partial charge in [-0.05, 0) is 50.5 Å². The summed E-state index contributed by atoms with van der Waals surface area (Å²) < 4.78 is 1.60. The molecule has 4 aromatic rings. The Morgan fingerprint density at radius 1 is 1.18 bits per heavy atom. The van der Waals surface area contributed by atoms with Gasteiger partial charge in [-0.2, -0.15) is 0 Å². The lowest BCUT2D eigenvalue weighted by molar-refractivity contribution is -0.115. The molecule has 2 heterocycles. The highest BCUT2D eigenvalue weighted by Crippen LogP contribution is 2.33. The Balaban J connectivity index is 1.68. The predicted octanol–water partition coefficient (Wildman–Crippen LogP) is 6.36. The number of benzene rings is 2. The number of carbonyl (C=O) groups excluding carboxylic acids is 1. The summed E-state index contributed by atoms with van der Waals surface area (Å²) in [7, 11) is 0. The Morgan fingerprint density at radius 2 is 1.88 bits per heavy atom. The van der Waals surface area contributed by atoms with Crippen LogP contribution in [-0.2, 0) is 11.3 Å². The molecule has 7 heteroatoms. The number of hydrogen-bond donors (Lipinski definition) is 1. The average Bonchev–Trinajstić information content (AvgIpc) is 3.23. The summed E-state index contributed by atoms with van der Waals surface area (Å²) in [6.45, 7) is 11.9. The molecular formula is C27H27N3O2S2. The van der Waals surface area contributed by atoms with E-state index in [0.29, 0.717) is 21.9 Å². The summed E-state index contributed by atoms with van der Waals surface area (Å²) in [4.78, 5) is 32.0. The molecule has 0 saturated heterocycles. The molecule has 0 aliphatic rings. The van der Waals surface area contributed by atoms with Crippen molar-refractivity contribution in [3.8, 4) is 11.1 Å². The van der Waals surface area contributed by atoms with Crippen molar-refractivity contribution in [2.24, 2.45) is 0 Å². The molecule has 0 aliphatic carbocycles. The smallest absolute Gasteiger partial charge is 0.263 e. The quantitative estimate of drug-likeness (QED) is 0.186. The van der Waals surface area contributed by atoms with Gasteiger partial charge in [0.2, 0.25) is 5.91 Å². The molecule has 0 spiro atoms. The van der Waals surface area contributed by atoms with Gasteiger partial charge in [-0.1, -0.05) is 59.8 Å². The number of nitrogens with zero attached hydrogens (tertiary/aromatic N) is 2. The van der Waals surface area contributed by atoms with Gasteiger partial charge in [-0.3, -0.25) is 14.2 Å². The molecule has 1 unspecified atom stereocenters. The fourth-order valence-electron chi connectivity index (χ4n) is 3.65. The Morgan fingerprint density at radius 3 is 2.59 bits per heavy atom. The van der Waals surface area contributed by atoms with Crippen molar-refractivity contribution in [1.29, 1.82) is 0 Å². The number of thiophene rings is 1. The monoisotopic (exact) mass is 489 g/mol. The molecule has 174 valence electrons. The molecule has 2 aromatic heterocycles. The second kappa shape index (κ2) is 9.99. The molecule has 1 atom stereocenters. The maximum atomic E-state index is 13.6. The second-order valence-electron chi connectivity index (χ2n) is 8.36. The molecule has 34 heavy (non-hydrogen) atoms. The third-order valence-corrected chi connectivity index (χ3v) is 7.60. The molecule has 0 saturated carbocycles. The normalized spacial score (nSPS) is 12.0. The van der Waals surface area contributed by atoms with E-state index in [1.165, 1.54) is 23.1 Å². The number of amides is 1. The standard InChI is InChI=1S/C27H27N3O2S2/c1-6-13-30-26(32)23-21(20-11-8-16(2)9-12-20)15-33-25(23)29-27(30)34-19(5)24(31)28-22-14-17(3)7-10-18(22)4/h6-12,14-15,19H,1,13H2,2-5H3,(H,28,31). The van der Waals surface area contributed by atoms with Crippen molar-refractivity contribution in [1.82, 2.24) is 9.55 Å². The first-order valence-corrected chi connectivity index (χ1v) is 12.8. The van der Waals surface area contributed by atoms with E-state index in [1.807, 2.05) is 75.5 Å². The van der Waals surface area contributed by atoms with Crippen molar-refractivity contribution in [2.75, 3.05) is 5.32 Å². The van der Waals surface area contributed by atoms with E-state index >= 15 is 0 Å². The molecule has 0 radical (unpaired) electrons. The number of aryl methyl sites for hydroxylation is 3. The predicted molar refractivity (Wildman–Crippen MR) is 144 cm³/mol. The highest BCUT2D eigenvalue weighted by Gasteiger charge is 2.22. The van der Waals surface area contributed by atoms with E-state index in [4.69, 9.17) is 4.98 Å². The van der Waals surface area contributed by atoms with E-state index < -0.39 is 5.25 Å². The van der Waals surface area contributed by atoms with Crippen molar-refractivity contribution < 1.29 is 4.79 Å². The lowest BCUT2D eigenvalue weighted by Crippen LogP contribution is -2.27. The Labute approximate surface area is 207 Å². The van der Waals surface area contributed by atoms with Crippen LogP contribution in [0.1, 0.15) is 23.6 Å². The van der Waals surface area contributed by atoms with Gasteiger partial charge in [-0.25, -0.2) is 4.98 Å². The van der Waals surface area contributed by atoms with Gasteiger partial charge in [0.1, 0.15) is 4.83 Å². The lowest BCUT2D eigenvalue weighted by Gasteiger charge is -2.16. The van der Waals surface area contributed by atoms with Gasteiger partial charge < -0.3 is 5.32 Å². The van der Waals surface area contributed by atoms with Gasteiger partial charge in [0.05, 0.1) is 10.6 Å². The molecule has 0 aliphatic heterocycles. The number of hydrogen-bond acceptors (Lipinski definition) is 5. The van der Waals surface area contributed by atoms with Crippen LogP contribution in [0.3, 0.4) is 0 Å². The summed E-state index contributed by atoms with van der Waals surface area (Å²) in [5, 5.41) is 5.66. The first-order valence-electron chi connectivity index (χ1n) is 11.0. The minimum Gasteiger partial charge on any atom is -0.325 e. The highest BCUT2D eigenvalue weighted by atomic mass is 32.2. The van der Waals surface area contributed by atoms with Crippen LogP contribution in [0.2, 0.25) is 0 Å². The van der Waals surface area contributed by atoms with Crippen LogP contribution in [0, 0.1) is 20.8 Å². The van der Waals surface area contributed by atoms with Crippen LogP contribution in [0.5, 0.6) is 0 Å². The molecule has 0 fully saturated rings. The van der Waals surface area contributed by atoms with Crippen LogP contribution in [-0.4, -0.2) is 20.7 Å². The fourth-order valence-corrected chi connectivity index (χ4v) is 5.55. The van der Waals surface area contributed by atoms with E-state index in [0.717, 1.165) is 33.5 Å². The SMILES string of the molecule is C=CCn1c(SC(C)C(=O)Nc2cc(C)ccc2C)nc2scc(-c3ccc(C)cc3)c2c1=O. The molecule has 5 nitrogen and oxygen atoms in total. The summed E-state index contributed by atoms with van der Waals surface area (Å²) in [5.41, 5.74) is 5.79. The maximum Gasteiger partial charge on any atom is 0.263 e. The van der Waals surface area contributed by atoms with Crippen LogP contribution in [0.25, 0.3) is 21.3 Å². The molecule has 0 bridgehead atoms. The van der Waals surface area contributed by atoms with Gasteiger partial charge in [0, 0.05) is 23.2 Å². The van der Waals surface area contributed by atoms with E-state index in [2.05, 4.69) is 11.9 Å². The third kappa shape index (κ3) is 4.86. The fraction of sp³-hybridized carbons (Fsp3) is 0.222. The van der Waals surface area contributed by atoms with Crippen molar-refractivity contribution >= 4 is 44.9 Å². The van der Waals surface area contributed by atoms with Crippen LogP contribution in [0.15, 0.2) is 70.5 Å². The molecule has 4 rings (SSSR count). The molecule has 1 amide bonds. The van der Waals surface area contributed by atoms with E-state index in [9.17, 15) is 9.59 Å². The number of thioether (sulfide) groups is 1. The number of nitrogens with one attached hydrogen (secondary N) is 1. The zero-order chi connectivity index (χ0) is 24.4. The Kier molecular flexibility index (Phi) is 7.05. The second-order valence-corrected chi connectivity index (χ2v) is 10.5. The first kappa shape index (κ1) is 24.0. The molecular weight excluding hydrogens is 462 g/mol. The van der Waals surface area contributed by atoms with Crippen molar-refractivity contribution in [2.45, 2.75) is 44.6 Å². The minimum absolute atomic E-state index is 0.119. The largest absolute Gasteiger partial charge is 0.325 e. The van der Waals surface area contributed by atoms with Crippen LogP contribution in [0.4, 0.5) is 5.69 Å². The summed E-state index contributed by atoms with van der Waals surface area (Å²) in [6, 6.07) is 14.1.